The summed E-state index contributed by atoms with van der Waals surface area (Å²) in [6.07, 6.45) is 3.14. The third kappa shape index (κ3) is 6.19. The first-order chi connectivity index (χ1) is 19.0. The number of hydrogen-bond acceptors (Lipinski definition) is 6. The number of halogens is 1. The summed E-state index contributed by atoms with van der Waals surface area (Å²) in [7, 11) is 1.38. The molecule has 0 radical (unpaired) electrons. The average molecular weight is 552 g/mol. The van der Waals surface area contributed by atoms with Gasteiger partial charge in [-0.1, -0.05) is 6.07 Å². The number of alkyl halides is 1. The molecule has 9 nitrogen and oxygen atoms in total. The first-order valence-electron chi connectivity index (χ1n) is 13.4. The van der Waals surface area contributed by atoms with Gasteiger partial charge in [0.15, 0.2) is 0 Å². The molecule has 3 N–H and O–H groups in total. The minimum Gasteiger partial charge on any atom is -0.496 e. The van der Waals surface area contributed by atoms with Crippen LogP contribution in [0.1, 0.15) is 83.7 Å². The minimum atomic E-state index is -1.39. The van der Waals surface area contributed by atoms with E-state index in [1.165, 1.54) is 19.2 Å². The van der Waals surface area contributed by atoms with Crippen LogP contribution in [0, 0.1) is 23.7 Å². The summed E-state index contributed by atoms with van der Waals surface area (Å²) in [5, 5.41) is 24.6. The zero-order valence-corrected chi connectivity index (χ0v) is 22.9. The molecule has 10 heteroatoms. The Morgan fingerprint density at radius 2 is 1.77 bits per heavy atom. The quantitative estimate of drug-likeness (QED) is 0.391. The van der Waals surface area contributed by atoms with E-state index in [0.717, 1.165) is 12.0 Å². The fraction of sp³-hybridized carbons (Fsp3) is 0.467. The topological polar surface area (TPSA) is 138 Å². The number of carbonyl (C=O) groups is 3. The number of benzene rings is 2. The van der Waals surface area contributed by atoms with Gasteiger partial charge in [0.25, 0.3) is 11.8 Å². The second-order valence-electron chi connectivity index (χ2n) is 11.0. The fourth-order valence-electron chi connectivity index (χ4n) is 5.05. The number of ether oxygens (including phenoxy) is 2. The molecular formula is C30H34FN3O6. The Morgan fingerprint density at radius 3 is 2.35 bits per heavy atom. The number of amides is 2. The molecular weight excluding hydrogens is 517 g/mol. The monoisotopic (exact) mass is 551 g/mol. The van der Waals surface area contributed by atoms with Crippen molar-refractivity contribution in [2.45, 2.75) is 70.6 Å². The molecule has 0 aromatic heterocycles. The summed E-state index contributed by atoms with van der Waals surface area (Å²) in [5.41, 5.74) is -0.703. The van der Waals surface area contributed by atoms with Gasteiger partial charge in [0.2, 0.25) is 0 Å². The molecule has 40 heavy (non-hydrogen) atoms. The molecule has 2 aliphatic rings. The lowest BCUT2D eigenvalue weighted by Crippen LogP contribution is -2.44. The Bertz CT molecular complexity index is 1360. The molecule has 2 saturated carbocycles. The van der Waals surface area contributed by atoms with Crippen molar-refractivity contribution in [3.8, 4) is 17.6 Å². The van der Waals surface area contributed by atoms with Gasteiger partial charge in [-0.25, -0.2) is 4.39 Å². The third-order valence-electron chi connectivity index (χ3n) is 8.00. The molecule has 212 valence electrons. The normalized spacial score (nSPS) is 21.3. The van der Waals surface area contributed by atoms with Crippen LogP contribution in [0.4, 0.5) is 10.1 Å². The van der Waals surface area contributed by atoms with Crippen molar-refractivity contribution in [3.05, 3.63) is 52.6 Å². The number of rotatable bonds is 9. The first kappa shape index (κ1) is 28.9. The van der Waals surface area contributed by atoms with Gasteiger partial charge >= 0.3 is 5.97 Å². The van der Waals surface area contributed by atoms with E-state index in [1.54, 1.807) is 25.1 Å². The zero-order chi connectivity index (χ0) is 29.1. The molecule has 2 amide bonds. The molecule has 2 aliphatic carbocycles. The second-order valence-corrected chi connectivity index (χ2v) is 11.0. The number of carboxylic acid groups (broad SMARTS) is 1. The molecule has 0 unspecified atom stereocenters. The van der Waals surface area contributed by atoms with Crippen molar-refractivity contribution >= 4 is 23.5 Å². The lowest BCUT2D eigenvalue weighted by molar-refractivity contribution is -0.150. The first-order valence-corrected chi connectivity index (χ1v) is 13.4. The van der Waals surface area contributed by atoms with Gasteiger partial charge in [-0.2, -0.15) is 5.26 Å². The molecule has 2 aromatic rings. The van der Waals surface area contributed by atoms with Crippen LogP contribution in [0.5, 0.6) is 11.5 Å². The number of carbonyl (C=O) groups excluding carboxylic acids is 2. The van der Waals surface area contributed by atoms with Gasteiger partial charge in [-0.05, 0) is 82.6 Å². The Balaban J connectivity index is 1.55. The average Bonchev–Trinajstić information content (AvgIpc) is 2.91. The zero-order valence-electron chi connectivity index (χ0n) is 22.9. The van der Waals surface area contributed by atoms with E-state index in [0.29, 0.717) is 38.5 Å². The summed E-state index contributed by atoms with van der Waals surface area (Å²) in [5.74, 6) is -1.60. The predicted octanol–water partition coefficient (Wildman–Crippen LogP) is 5.16. The van der Waals surface area contributed by atoms with Gasteiger partial charge in [0.1, 0.15) is 23.2 Å². The van der Waals surface area contributed by atoms with Crippen LogP contribution >= 0.6 is 0 Å². The van der Waals surface area contributed by atoms with Crippen molar-refractivity contribution < 1.29 is 33.4 Å². The van der Waals surface area contributed by atoms with E-state index in [1.807, 2.05) is 6.92 Å². The highest BCUT2D eigenvalue weighted by molar-refractivity contribution is 6.10. The van der Waals surface area contributed by atoms with Gasteiger partial charge in [-0.15, -0.1) is 0 Å². The third-order valence-corrected chi connectivity index (χ3v) is 8.00. The van der Waals surface area contributed by atoms with Gasteiger partial charge in [0.05, 0.1) is 47.6 Å². The molecule has 4 rings (SSSR count). The smallest absolute Gasteiger partial charge is 0.309 e. The van der Waals surface area contributed by atoms with Crippen LogP contribution in [0.15, 0.2) is 30.3 Å². The van der Waals surface area contributed by atoms with Crippen molar-refractivity contribution in [1.82, 2.24) is 5.32 Å². The largest absolute Gasteiger partial charge is 0.496 e. The van der Waals surface area contributed by atoms with Crippen molar-refractivity contribution in [1.29, 1.82) is 5.26 Å². The van der Waals surface area contributed by atoms with Crippen molar-refractivity contribution in [2.24, 2.45) is 5.41 Å². The number of methoxy groups -OCH3 is 1. The standard InChI is InChI=1S/C30H34FN3O6/c1-18-5-6-21(26(35)33-17-30(31)9-4-10-30)23(13-18)34-27(36)22-15-24(19(16-32)14-25(22)39-3)40-20-7-11-29(2,12-8-20)28(37)38/h5-6,13-15,20H,4,7-12,17H2,1-3H3,(H,33,35)(H,34,36)(H,37,38)/t20-,29+. The number of nitrogens with one attached hydrogen (secondary N) is 2. The maximum Gasteiger partial charge on any atom is 0.309 e. The molecule has 0 heterocycles. The minimum absolute atomic E-state index is 0.0905. The Labute approximate surface area is 232 Å². The maximum absolute atomic E-state index is 14.4. The number of nitrogens with zero attached hydrogens (tertiary/aromatic N) is 1. The Morgan fingerprint density at radius 1 is 1.07 bits per heavy atom. The summed E-state index contributed by atoms with van der Waals surface area (Å²) in [6.45, 7) is 3.44. The number of aryl methyl sites for hydroxylation is 1. The Hall–Kier alpha value is -4.13. The molecule has 2 aromatic carbocycles. The van der Waals surface area contributed by atoms with E-state index in [-0.39, 0.29) is 46.5 Å². The van der Waals surface area contributed by atoms with E-state index in [4.69, 9.17) is 9.47 Å². The number of anilines is 1. The molecule has 0 aliphatic heterocycles. The summed E-state index contributed by atoms with van der Waals surface area (Å²) in [6, 6.07) is 9.86. The van der Waals surface area contributed by atoms with Crippen LogP contribution in [-0.2, 0) is 4.79 Å². The van der Waals surface area contributed by atoms with E-state index in [9.17, 15) is 29.1 Å². The summed E-state index contributed by atoms with van der Waals surface area (Å²) in [4.78, 5) is 38.0. The highest BCUT2D eigenvalue weighted by Crippen LogP contribution is 2.39. The Kier molecular flexibility index (Phi) is 8.33. The number of hydrogen-bond donors (Lipinski definition) is 3. The van der Waals surface area contributed by atoms with Crippen LogP contribution < -0.4 is 20.1 Å². The molecule has 0 bridgehead atoms. The van der Waals surface area contributed by atoms with E-state index >= 15 is 0 Å². The van der Waals surface area contributed by atoms with E-state index in [2.05, 4.69) is 16.7 Å². The van der Waals surface area contributed by atoms with Gasteiger partial charge in [0, 0.05) is 6.07 Å². The van der Waals surface area contributed by atoms with Crippen LogP contribution in [0.25, 0.3) is 0 Å². The lowest BCUT2D eigenvalue weighted by atomic mass is 9.75. The second kappa shape index (κ2) is 11.5. The highest BCUT2D eigenvalue weighted by Gasteiger charge is 2.39. The fourth-order valence-corrected chi connectivity index (χ4v) is 5.05. The summed E-state index contributed by atoms with van der Waals surface area (Å²) >= 11 is 0. The number of aliphatic carboxylic acids is 1. The lowest BCUT2D eigenvalue weighted by Gasteiger charge is -2.34. The van der Waals surface area contributed by atoms with Crippen molar-refractivity contribution in [3.63, 3.8) is 0 Å². The predicted molar refractivity (Wildman–Crippen MR) is 145 cm³/mol. The van der Waals surface area contributed by atoms with Crippen LogP contribution in [0.3, 0.4) is 0 Å². The molecule has 0 atom stereocenters. The van der Waals surface area contributed by atoms with E-state index < -0.39 is 28.9 Å². The highest BCUT2D eigenvalue weighted by atomic mass is 19.1. The van der Waals surface area contributed by atoms with Gasteiger partial charge < -0.3 is 25.2 Å². The van der Waals surface area contributed by atoms with Gasteiger partial charge in [-0.3, -0.25) is 14.4 Å². The SMILES string of the molecule is COc1cc(C#N)c(O[C@H]2CC[C@@](C)(C(=O)O)CC2)cc1C(=O)Nc1cc(C)ccc1C(=O)NCC1(F)CCC1. The maximum atomic E-state index is 14.4. The van der Waals surface area contributed by atoms with Crippen LogP contribution in [0.2, 0.25) is 0 Å². The van der Waals surface area contributed by atoms with Crippen molar-refractivity contribution in [2.75, 3.05) is 19.0 Å². The molecule has 0 saturated heterocycles. The molecule has 2 fully saturated rings. The molecule has 0 spiro atoms. The summed E-state index contributed by atoms with van der Waals surface area (Å²) < 4.78 is 25.9. The van der Waals surface area contributed by atoms with Crippen LogP contribution in [-0.4, -0.2) is 48.3 Å². The number of nitriles is 1. The number of carboxylic acids is 1.